The van der Waals surface area contributed by atoms with Crippen molar-refractivity contribution in [2.75, 3.05) is 0 Å². The van der Waals surface area contributed by atoms with Gasteiger partial charge in [-0.2, -0.15) is 0 Å². The summed E-state index contributed by atoms with van der Waals surface area (Å²) in [5, 5.41) is 10.8. The van der Waals surface area contributed by atoms with Gasteiger partial charge in [-0.3, -0.25) is 14.5 Å². The Hall–Kier alpha value is -5.29. The highest BCUT2D eigenvalue weighted by Crippen LogP contribution is 2.39. The molecule has 0 aliphatic rings. The zero-order chi connectivity index (χ0) is 32.2. The minimum absolute atomic E-state index is 0.0396. The molecule has 5 heteroatoms. The van der Waals surface area contributed by atoms with Crippen LogP contribution in [0.25, 0.3) is 61.4 Å². The molecular weight excluding hydrogens is 564 g/mol. The summed E-state index contributed by atoms with van der Waals surface area (Å²) < 4.78 is 2.23. The van der Waals surface area contributed by atoms with Crippen LogP contribution in [-0.2, 0) is 10.8 Å². The predicted molar refractivity (Wildman–Crippen MR) is 190 cm³/mol. The summed E-state index contributed by atoms with van der Waals surface area (Å²) >= 11 is 0. The van der Waals surface area contributed by atoms with Gasteiger partial charge < -0.3 is 5.11 Å². The minimum Gasteiger partial charge on any atom is -0.507 e. The average Bonchev–Trinajstić information content (AvgIpc) is 3.44. The number of aromatic hydroxyl groups is 1. The minimum atomic E-state index is -0.0509. The van der Waals surface area contributed by atoms with E-state index in [1.165, 1.54) is 11.1 Å². The van der Waals surface area contributed by atoms with Crippen molar-refractivity contribution >= 4 is 22.1 Å². The van der Waals surface area contributed by atoms with Crippen molar-refractivity contribution < 1.29 is 5.11 Å². The van der Waals surface area contributed by atoms with Crippen molar-refractivity contribution in [3.8, 4) is 45.1 Å². The van der Waals surface area contributed by atoms with E-state index in [9.17, 15) is 5.11 Å². The topological polar surface area (TPSA) is 63.8 Å². The van der Waals surface area contributed by atoms with Crippen molar-refractivity contribution in [2.24, 2.45) is 0 Å². The van der Waals surface area contributed by atoms with Crippen LogP contribution in [0.5, 0.6) is 5.75 Å². The molecule has 7 aromatic rings. The van der Waals surface area contributed by atoms with Gasteiger partial charge >= 0.3 is 0 Å². The van der Waals surface area contributed by atoms with E-state index in [2.05, 4.69) is 118 Å². The van der Waals surface area contributed by atoms with E-state index in [-0.39, 0.29) is 16.6 Å². The van der Waals surface area contributed by atoms with Crippen LogP contribution in [0.2, 0.25) is 0 Å². The number of para-hydroxylation sites is 2. The number of imidazole rings is 1. The molecule has 0 radical (unpaired) electrons. The third-order valence-electron chi connectivity index (χ3n) is 8.74. The number of benzene rings is 5. The zero-order valence-corrected chi connectivity index (χ0v) is 27.2. The Morgan fingerprint density at radius 1 is 0.565 bits per heavy atom. The number of aromatic nitrogens is 4. The summed E-state index contributed by atoms with van der Waals surface area (Å²) in [5.74, 6) is 1.06. The molecule has 0 unspecified atom stereocenters. The first-order valence-corrected chi connectivity index (χ1v) is 15.8. The summed E-state index contributed by atoms with van der Waals surface area (Å²) in [5.41, 5.74) is 11.8. The van der Waals surface area contributed by atoms with E-state index in [1.54, 1.807) is 18.5 Å². The highest BCUT2D eigenvalue weighted by atomic mass is 16.3. The number of rotatable bonds is 4. The fourth-order valence-corrected chi connectivity index (χ4v) is 6.14. The Labute approximate surface area is 270 Å². The van der Waals surface area contributed by atoms with Crippen LogP contribution < -0.4 is 0 Å². The van der Waals surface area contributed by atoms with Crippen molar-refractivity contribution in [3.63, 3.8) is 0 Å². The molecule has 0 saturated heterocycles. The summed E-state index contributed by atoms with van der Waals surface area (Å²) in [4.78, 5) is 14.8. The van der Waals surface area contributed by atoms with E-state index in [0.717, 1.165) is 61.4 Å². The first kappa shape index (κ1) is 29.4. The third kappa shape index (κ3) is 5.22. The molecule has 1 N–H and O–H groups in total. The number of hydrogen-bond acceptors (Lipinski definition) is 4. The number of nitrogens with zero attached hydrogens (tertiary/aromatic N) is 4. The Morgan fingerprint density at radius 3 is 1.98 bits per heavy atom. The van der Waals surface area contributed by atoms with Gasteiger partial charge in [-0.1, -0.05) is 102 Å². The summed E-state index contributed by atoms with van der Waals surface area (Å²) in [7, 11) is 0. The second kappa shape index (κ2) is 11.0. The molecule has 46 heavy (non-hydrogen) atoms. The molecule has 228 valence electrons. The summed E-state index contributed by atoms with van der Waals surface area (Å²) in [6.07, 6.45) is 3.51. The molecule has 0 bridgehead atoms. The quantitative estimate of drug-likeness (QED) is 0.218. The van der Waals surface area contributed by atoms with Gasteiger partial charge in [-0.15, -0.1) is 0 Å². The van der Waals surface area contributed by atoms with E-state index in [4.69, 9.17) is 9.97 Å². The molecule has 2 heterocycles. The van der Waals surface area contributed by atoms with Gasteiger partial charge in [0, 0.05) is 40.3 Å². The monoisotopic (exact) mass is 602 g/mol. The Bertz CT molecular complexity index is 2230. The van der Waals surface area contributed by atoms with Gasteiger partial charge in [0.25, 0.3) is 0 Å². The van der Waals surface area contributed by atoms with Crippen molar-refractivity contribution in [2.45, 2.75) is 52.4 Å². The molecule has 7 rings (SSSR count). The molecule has 0 saturated carbocycles. The van der Waals surface area contributed by atoms with E-state index < -0.39 is 0 Å². The van der Waals surface area contributed by atoms with Crippen molar-refractivity contribution in [1.82, 2.24) is 19.5 Å². The lowest BCUT2D eigenvalue weighted by atomic mass is 9.84. The highest BCUT2D eigenvalue weighted by Gasteiger charge is 2.22. The third-order valence-corrected chi connectivity index (χ3v) is 8.74. The van der Waals surface area contributed by atoms with Crippen LogP contribution in [0.4, 0.5) is 0 Å². The normalized spacial score (nSPS) is 12.2. The Balaban J connectivity index is 1.48. The predicted octanol–water partition coefficient (Wildman–Crippen LogP) is 10.3. The van der Waals surface area contributed by atoms with Crippen LogP contribution >= 0.6 is 0 Å². The van der Waals surface area contributed by atoms with Crippen LogP contribution in [0.3, 0.4) is 0 Å². The molecule has 2 aromatic heterocycles. The molecule has 5 nitrogen and oxygen atoms in total. The van der Waals surface area contributed by atoms with E-state index in [0.29, 0.717) is 0 Å². The Kier molecular flexibility index (Phi) is 7.01. The second-order valence-electron chi connectivity index (χ2n) is 14.0. The maximum absolute atomic E-state index is 10.8. The fourth-order valence-electron chi connectivity index (χ4n) is 6.14. The largest absolute Gasteiger partial charge is 0.507 e. The van der Waals surface area contributed by atoms with Crippen molar-refractivity contribution in [1.29, 1.82) is 0 Å². The van der Waals surface area contributed by atoms with Crippen LogP contribution in [0.15, 0.2) is 116 Å². The molecule has 0 amide bonds. The second-order valence-corrected chi connectivity index (χ2v) is 14.0. The van der Waals surface area contributed by atoms with Gasteiger partial charge in [-0.25, -0.2) is 4.98 Å². The zero-order valence-electron chi connectivity index (χ0n) is 27.2. The lowest BCUT2D eigenvalue weighted by Gasteiger charge is -2.21. The molecule has 0 atom stereocenters. The van der Waals surface area contributed by atoms with E-state index in [1.807, 2.05) is 30.3 Å². The van der Waals surface area contributed by atoms with Gasteiger partial charge in [-0.05, 0) is 70.0 Å². The van der Waals surface area contributed by atoms with Gasteiger partial charge in [0.15, 0.2) is 0 Å². The molecular formula is C41H38N4O. The fraction of sp³-hybridized carbons (Fsp3) is 0.195. The molecule has 5 aromatic carbocycles. The molecule has 0 aliphatic carbocycles. The van der Waals surface area contributed by atoms with Crippen LogP contribution in [0, 0.1) is 0 Å². The average molecular weight is 603 g/mol. The Morgan fingerprint density at radius 2 is 1.24 bits per heavy atom. The maximum Gasteiger partial charge on any atom is 0.145 e. The first-order chi connectivity index (χ1) is 22.0. The standard InChI is InChI=1S/C41H38N4O/c1-40(2,3)28-17-19-30(20-18-28)45-35-15-10-14-32(31-13-7-8-16-36(31)46)38(35)44-39(45)27-12-9-11-26(23-27)33-24-29(41(4,5)6)25-34-37(33)43-22-21-42-34/h7-25,46H,1-6H3. The summed E-state index contributed by atoms with van der Waals surface area (Å²) in [6, 6.07) is 35.3. The van der Waals surface area contributed by atoms with Gasteiger partial charge in [0.05, 0.1) is 22.1 Å². The lowest BCUT2D eigenvalue weighted by Crippen LogP contribution is -2.11. The number of phenolic OH excluding ortho intramolecular Hbond substituents is 1. The number of hydrogen-bond donors (Lipinski definition) is 1. The van der Waals surface area contributed by atoms with Crippen LogP contribution in [0.1, 0.15) is 52.7 Å². The van der Waals surface area contributed by atoms with Crippen molar-refractivity contribution in [3.05, 3.63) is 127 Å². The molecule has 0 spiro atoms. The first-order valence-electron chi connectivity index (χ1n) is 15.8. The van der Waals surface area contributed by atoms with E-state index >= 15 is 0 Å². The SMILES string of the molecule is CC(C)(C)c1ccc(-n2c(-c3cccc(-c4cc(C(C)(C)C)cc5nccnc45)c3)nc3c(-c4ccccc4O)cccc32)cc1. The molecule has 0 aliphatic heterocycles. The number of fused-ring (bicyclic) bond motifs is 2. The van der Waals surface area contributed by atoms with Gasteiger partial charge in [0.1, 0.15) is 11.6 Å². The van der Waals surface area contributed by atoms with Crippen LogP contribution in [-0.4, -0.2) is 24.6 Å². The highest BCUT2D eigenvalue weighted by molar-refractivity contribution is 5.97. The lowest BCUT2D eigenvalue weighted by molar-refractivity contribution is 0.477. The number of phenols is 1. The maximum atomic E-state index is 10.8. The summed E-state index contributed by atoms with van der Waals surface area (Å²) in [6.45, 7) is 13.4. The smallest absolute Gasteiger partial charge is 0.145 e. The van der Waals surface area contributed by atoms with Gasteiger partial charge in [0.2, 0.25) is 0 Å². The molecule has 0 fully saturated rings.